The maximum atomic E-state index is 13.2. The fourth-order valence-electron chi connectivity index (χ4n) is 3.85. The summed E-state index contributed by atoms with van der Waals surface area (Å²) in [6.07, 6.45) is 3.56. The quantitative estimate of drug-likeness (QED) is 0.316. The van der Waals surface area contributed by atoms with E-state index >= 15 is 0 Å². The number of aromatic nitrogens is 2. The Bertz CT molecular complexity index is 1320. The van der Waals surface area contributed by atoms with Gasteiger partial charge in [0.15, 0.2) is 5.78 Å². The number of aromatic amines is 1. The molecule has 36 heavy (non-hydrogen) atoms. The molecule has 11 heteroatoms. The summed E-state index contributed by atoms with van der Waals surface area (Å²) in [5.41, 5.74) is 5.68. The molecule has 1 aromatic carbocycles. The number of Topliss-reactive ketones (excluding diaryl/α,β-unsaturated/α-hetero) is 1. The van der Waals surface area contributed by atoms with Gasteiger partial charge >= 0.3 is 5.69 Å². The van der Waals surface area contributed by atoms with Gasteiger partial charge in [-0.05, 0) is 42.7 Å². The van der Waals surface area contributed by atoms with Gasteiger partial charge in [-0.2, -0.15) is 0 Å². The number of methoxy groups -OCH3 is 1. The van der Waals surface area contributed by atoms with Gasteiger partial charge in [0.1, 0.15) is 17.1 Å². The van der Waals surface area contributed by atoms with Crippen LogP contribution in [0.2, 0.25) is 0 Å². The molecule has 0 spiro atoms. The highest BCUT2D eigenvalue weighted by molar-refractivity contribution is 6.01. The minimum Gasteiger partial charge on any atom is -0.468 e. The third-order valence-electron chi connectivity index (χ3n) is 5.90. The van der Waals surface area contributed by atoms with Gasteiger partial charge in [-0.1, -0.05) is 12.1 Å². The summed E-state index contributed by atoms with van der Waals surface area (Å²) in [7, 11) is 1.47. The van der Waals surface area contributed by atoms with Gasteiger partial charge in [0, 0.05) is 25.3 Å². The SMILES string of the molecule is COCCn1c(N)c(C(=O)CN(Cc2ccc(C(=O)NC3CC3)cc2)Cc2ccco2)c(=O)[nH]c1=O. The van der Waals surface area contributed by atoms with E-state index in [9.17, 15) is 19.2 Å². The minimum atomic E-state index is -0.833. The summed E-state index contributed by atoms with van der Waals surface area (Å²) in [6, 6.07) is 10.9. The molecule has 2 heterocycles. The van der Waals surface area contributed by atoms with E-state index < -0.39 is 17.0 Å². The van der Waals surface area contributed by atoms with Crippen LogP contribution in [0.3, 0.4) is 0 Å². The molecule has 0 radical (unpaired) electrons. The van der Waals surface area contributed by atoms with Crippen molar-refractivity contribution in [3.63, 3.8) is 0 Å². The molecular formula is C25H29N5O6. The average Bonchev–Trinajstić information content (AvgIpc) is 3.50. The van der Waals surface area contributed by atoms with Crippen molar-refractivity contribution in [1.29, 1.82) is 0 Å². The summed E-state index contributed by atoms with van der Waals surface area (Å²) >= 11 is 0. The van der Waals surface area contributed by atoms with E-state index in [2.05, 4.69) is 10.3 Å². The normalized spacial score (nSPS) is 13.2. The van der Waals surface area contributed by atoms with Crippen LogP contribution in [0, 0.1) is 0 Å². The van der Waals surface area contributed by atoms with Crippen LogP contribution >= 0.6 is 0 Å². The fourth-order valence-corrected chi connectivity index (χ4v) is 3.85. The molecule has 4 N–H and O–H groups in total. The van der Waals surface area contributed by atoms with Gasteiger partial charge in [-0.15, -0.1) is 0 Å². The zero-order valence-electron chi connectivity index (χ0n) is 20.0. The van der Waals surface area contributed by atoms with Crippen LogP contribution in [0.4, 0.5) is 5.82 Å². The predicted octanol–water partition coefficient (Wildman–Crippen LogP) is 1.14. The van der Waals surface area contributed by atoms with Gasteiger partial charge < -0.3 is 20.2 Å². The van der Waals surface area contributed by atoms with E-state index in [0.717, 1.165) is 23.0 Å². The second kappa shape index (κ2) is 11.2. The second-order valence-corrected chi connectivity index (χ2v) is 8.76. The predicted molar refractivity (Wildman–Crippen MR) is 132 cm³/mol. The molecule has 0 aliphatic heterocycles. The van der Waals surface area contributed by atoms with Crippen LogP contribution in [-0.4, -0.2) is 52.4 Å². The lowest BCUT2D eigenvalue weighted by Gasteiger charge is -2.21. The highest BCUT2D eigenvalue weighted by Gasteiger charge is 2.24. The largest absolute Gasteiger partial charge is 0.468 e. The molecular weight excluding hydrogens is 466 g/mol. The van der Waals surface area contributed by atoms with Crippen LogP contribution < -0.4 is 22.3 Å². The molecule has 1 aliphatic rings. The van der Waals surface area contributed by atoms with E-state index in [0.29, 0.717) is 24.4 Å². The number of ketones is 1. The smallest absolute Gasteiger partial charge is 0.330 e. The van der Waals surface area contributed by atoms with Crippen LogP contribution in [0.25, 0.3) is 0 Å². The number of nitrogens with zero attached hydrogens (tertiary/aromatic N) is 2. The van der Waals surface area contributed by atoms with Crippen LogP contribution in [0.1, 0.15) is 44.9 Å². The zero-order valence-corrected chi connectivity index (χ0v) is 20.0. The molecule has 1 fully saturated rings. The first-order valence-electron chi connectivity index (χ1n) is 11.6. The Kier molecular flexibility index (Phi) is 7.81. The number of benzene rings is 1. The summed E-state index contributed by atoms with van der Waals surface area (Å²) in [4.78, 5) is 54.1. The number of hydrogen-bond acceptors (Lipinski definition) is 8. The number of hydrogen-bond donors (Lipinski definition) is 3. The number of rotatable bonds is 12. The highest BCUT2D eigenvalue weighted by atomic mass is 16.5. The van der Waals surface area contributed by atoms with Crippen molar-refractivity contribution in [2.24, 2.45) is 0 Å². The van der Waals surface area contributed by atoms with Crippen LogP contribution in [0.15, 0.2) is 56.7 Å². The first-order chi connectivity index (χ1) is 17.4. The molecule has 0 unspecified atom stereocenters. The molecule has 1 aliphatic carbocycles. The van der Waals surface area contributed by atoms with Crippen molar-refractivity contribution in [2.45, 2.75) is 38.5 Å². The molecule has 0 bridgehead atoms. The van der Waals surface area contributed by atoms with Gasteiger partial charge in [-0.3, -0.25) is 28.8 Å². The molecule has 3 aromatic rings. The van der Waals surface area contributed by atoms with Crippen molar-refractivity contribution in [3.05, 3.63) is 86.0 Å². The lowest BCUT2D eigenvalue weighted by molar-refractivity contribution is 0.0911. The third-order valence-corrected chi connectivity index (χ3v) is 5.90. The van der Waals surface area contributed by atoms with E-state index in [1.807, 2.05) is 12.1 Å². The number of nitrogens with one attached hydrogen (secondary N) is 2. The molecule has 0 atom stereocenters. The molecule has 190 valence electrons. The number of ether oxygens (including phenoxy) is 1. The van der Waals surface area contributed by atoms with Gasteiger partial charge in [-0.25, -0.2) is 4.79 Å². The Morgan fingerprint density at radius 3 is 2.58 bits per heavy atom. The number of H-pyrrole nitrogens is 1. The van der Waals surface area contributed by atoms with Crippen LogP contribution in [-0.2, 0) is 24.4 Å². The topological polar surface area (TPSA) is 153 Å². The van der Waals surface area contributed by atoms with Crippen molar-refractivity contribution in [3.8, 4) is 0 Å². The number of anilines is 1. The fraction of sp³-hybridized carbons (Fsp3) is 0.360. The number of carbonyl (C=O) groups excluding carboxylic acids is 2. The first-order valence-corrected chi connectivity index (χ1v) is 11.6. The third kappa shape index (κ3) is 6.18. The van der Waals surface area contributed by atoms with Crippen molar-refractivity contribution >= 4 is 17.5 Å². The number of amides is 1. The summed E-state index contributed by atoms with van der Waals surface area (Å²) in [5, 5.41) is 2.95. The first kappa shape index (κ1) is 25.1. The van der Waals surface area contributed by atoms with Crippen molar-refractivity contribution < 1.29 is 18.7 Å². The molecule has 1 amide bonds. The van der Waals surface area contributed by atoms with Crippen molar-refractivity contribution in [1.82, 2.24) is 19.8 Å². The number of furan rings is 1. The zero-order chi connectivity index (χ0) is 25.7. The molecule has 4 rings (SSSR count). The van der Waals surface area contributed by atoms with Gasteiger partial charge in [0.2, 0.25) is 0 Å². The molecule has 1 saturated carbocycles. The maximum absolute atomic E-state index is 13.2. The monoisotopic (exact) mass is 495 g/mol. The Labute approximate surface area is 206 Å². The van der Waals surface area contributed by atoms with E-state index in [1.165, 1.54) is 13.4 Å². The number of nitrogen functional groups attached to an aromatic ring is 1. The number of carbonyl (C=O) groups is 2. The maximum Gasteiger partial charge on any atom is 0.330 e. The van der Waals surface area contributed by atoms with Gasteiger partial charge in [0.25, 0.3) is 11.5 Å². The lowest BCUT2D eigenvalue weighted by Crippen LogP contribution is -2.39. The summed E-state index contributed by atoms with van der Waals surface area (Å²) in [6.45, 7) is 0.764. The molecule has 11 nitrogen and oxygen atoms in total. The Hall–Kier alpha value is -3.96. The summed E-state index contributed by atoms with van der Waals surface area (Å²) in [5.74, 6) is -0.207. The Balaban J connectivity index is 1.53. The lowest BCUT2D eigenvalue weighted by atomic mass is 10.1. The van der Waals surface area contributed by atoms with Crippen LogP contribution in [0.5, 0.6) is 0 Å². The standard InChI is InChI=1S/C25H29N5O6/c1-35-12-10-30-22(26)21(24(33)28-25(30)34)20(31)15-29(14-19-3-2-11-36-19)13-16-4-6-17(7-5-16)23(32)27-18-8-9-18/h2-7,11,18H,8-10,12-15,26H2,1H3,(H,27,32)(H,28,33,34). The van der Waals surface area contributed by atoms with E-state index in [1.54, 1.807) is 29.2 Å². The molecule has 2 aromatic heterocycles. The average molecular weight is 496 g/mol. The minimum absolute atomic E-state index is 0.0923. The van der Waals surface area contributed by atoms with E-state index in [4.69, 9.17) is 14.9 Å². The number of nitrogens with two attached hydrogens (primary N) is 1. The van der Waals surface area contributed by atoms with E-state index in [-0.39, 0.29) is 43.0 Å². The molecule has 0 saturated heterocycles. The Morgan fingerprint density at radius 1 is 1.19 bits per heavy atom. The second-order valence-electron chi connectivity index (χ2n) is 8.76. The van der Waals surface area contributed by atoms with Crippen molar-refractivity contribution in [2.75, 3.05) is 26.0 Å². The highest BCUT2D eigenvalue weighted by Crippen LogP contribution is 2.20. The van der Waals surface area contributed by atoms with Gasteiger partial charge in [0.05, 0.1) is 32.5 Å². The Morgan fingerprint density at radius 2 is 1.94 bits per heavy atom. The summed E-state index contributed by atoms with van der Waals surface area (Å²) < 4.78 is 11.5.